The van der Waals surface area contributed by atoms with Crippen molar-refractivity contribution in [3.05, 3.63) is 29.8 Å². The average molecular weight is 233 g/mol. The first-order chi connectivity index (χ1) is 8.17. The molecule has 0 radical (unpaired) electrons. The molecule has 0 saturated carbocycles. The summed E-state index contributed by atoms with van der Waals surface area (Å²) in [6.07, 6.45) is 3.73. The molecule has 17 heavy (non-hydrogen) atoms. The predicted molar refractivity (Wildman–Crippen MR) is 69.7 cm³/mol. The molecule has 0 aromatic heterocycles. The Labute approximate surface area is 102 Å². The van der Waals surface area contributed by atoms with E-state index in [2.05, 4.69) is 4.99 Å². The first kappa shape index (κ1) is 13.4. The second-order valence-corrected chi connectivity index (χ2v) is 3.95. The summed E-state index contributed by atoms with van der Waals surface area (Å²) in [6.45, 7) is 3.85. The zero-order valence-corrected chi connectivity index (χ0v) is 10.4. The van der Waals surface area contributed by atoms with Gasteiger partial charge in [-0.05, 0) is 30.3 Å². The third-order valence-electron chi connectivity index (χ3n) is 2.55. The Morgan fingerprint density at radius 2 is 2.00 bits per heavy atom. The van der Waals surface area contributed by atoms with E-state index in [1.807, 2.05) is 26.0 Å². The van der Waals surface area contributed by atoms with E-state index in [-0.39, 0.29) is 17.6 Å². The number of phenolic OH excluding ortho intramolecular Hbond substituents is 1. The van der Waals surface area contributed by atoms with Crippen LogP contribution in [0.1, 0.15) is 32.3 Å². The fourth-order valence-corrected chi connectivity index (χ4v) is 1.57. The number of rotatable bonds is 6. The summed E-state index contributed by atoms with van der Waals surface area (Å²) < 4.78 is 0. The fourth-order valence-electron chi connectivity index (χ4n) is 1.57. The fraction of sp³-hybridized carbons (Fsp3) is 0.429. The minimum Gasteiger partial charge on any atom is -0.508 e. The van der Waals surface area contributed by atoms with Gasteiger partial charge in [0.1, 0.15) is 11.8 Å². The van der Waals surface area contributed by atoms with Gasteiger partial charge < -0.3 is 5.11 Å². The van der Waals surface area contributed by atoms with Crippen molar-refractivity contribution in [3.63, 3.8) is 0 Å². The van der Waals surface area contributed by atoms with E-state index in [1.165, 1.54) is 0 Å². The van der Waals surface area contributed by atoms with E-state index in [0.29, 0.717) is 12.8 Å². The number of hydrogen-bond donors (Lipinski definition) is 1. The molecule has 0 heterocycles. The van der Waals surface area contributed by atoms with Crippen LogP contribution in [0.4, 0.5) is 0 Å². The summed E-state index contributed by atoms with van der Waals surface area (Å²) in [4.78, 5) is 16.0. The van der Waals surface area contributed by atoms with Crippen LogP contribution >= 0.6 is 0 Å². The number of carbonyl (C=O) groups excluding carboxylic acids is 1. The maximum Gasteiger partial charge on any atom is 0.157 e. The number of Topliss-reactive ketones (excluding diaryl/α,β-unsaturated/α-hetero) is 1. The van der Waals surface area contributed by atoms with Crippen LogP contribution in [-0.4, -0.2) is 23.1 Å². The Bertz CT molecular complexity index is 382. The van der Waals surface area contributed by atoms with Gasteiger partial charge in [0.15, 0.2) is 5.78 Å². The van der Waals surface area contributed by atoms with E-state index in [9.17, 15) is 9.90 Å². The zero-order chi connectivity index (χ0) is 12.7. The van der Waals surface area contributed by atoms with Crippen molar-refractivity contribution in [1.82, 2.24) is 0 Å². The first-order valence-corrected chi connectivity index (χ1v) is 5.99. The molecule has 0 aliphatic carbocycles. The molecular formula is C14H19NO2. The van der Waals surface area contributed by atoms with E-state index in [4.69, 9.17) is 0 Å². The molecule has 0 bridgehead atoms. The average Bonchev–Trinajstić information content (AvgIpc) is 2.36. The highest BCUT2D eigenvalue weighted by molar-refractivity contribution is 5.85. The molecule has 0 fully saturated rings. The number of carbonyl (C=O) groups is 1. The van der Waals surface area contributed by atoms with Gasteiger partial charge >= 0.3 is 0 Å². The molecule has 1 atom stereocenters. The Morgan fingerprint density at radius 3 is 2.53 bits per heavy atom. The topological polar surface area (TPSA) is 49.7 Å². The molecule has 3 heteroatoms. The van der Waals surface area contributed by atoms with Crippen molar-refractivity contribution in [2.45, 2.75) is 39.2 Å². The van der Waals surface area contributed by atoms with E-state index in [1.54, 1.807) is 18.3 Å². The molecule has 0 unspecified atom stereocenters. The summed E-state index contributed by atoms with van der Waals surface area (Å²) in [6, 6.07) is 6.63. The van der Waals surface area contributed by atoms with Crippen molar-refractivity contribution < 1.29 is 9.90 Å². The van der Waals surface area contributed by atoms with Crippen LogP contribution in [0.2, 0.25) is 0 Å². The Kier molecular flexibility index (Phi) is 5.40. The van der Waals surface area contributed by atoms with Crippen molar-refractivity contribution >= 4 is 12.0 Å². The van der Waals surface area contributed by atoms with Gasteiger partial charge in [0.25, 0.3) is 0 Å². The normalized spacial score (nSPS) is 12.8. The molecule has 0 saturated heterocycles. The van der Waals surface area contributed by atoms with E-state index >= 15 is 0 Å². The van der Waals surface area contributed by atoms with Gasteiger partial charge in [-0.15, -0.1) is 0 Å². The summed E-state index contributed by atoms with van der Waals surface area (Å²) in [5.74, 6) is 0.395. The molecular weight excluding hydrogens is 214 g/mol. The molecule has 0 aliphatic heterocycles. The maximum atomic E-state index is 11.7. The second kappa shape index (κ2) is 6.84. The first-order valence-electron chi connectivity index (χ1n) is 5.99. The highest BCUT2D eigenvalue weighted by Gasteiger charge is 2.15. The van der Waals surface area contributed by atoms with Gasteiger partial charge in [-0.3, -0.25) is 9.79 Å². The van der Waals surface area contributed by atoms with Gasteiger partial charge in [-0.1, -0.05) is 26.0 Å². The van der Waals surface area contributed by atoms with Crippen LogP contribution < -0.4 is 0 Å². The summed E-state index contributed by atoms with van der Waals surface area (Å²) >= 11 is 0. The van der Waals surface area contributed by atoms with Crippen LogP contribution in [-0.2, 0) is 11.2 Å². The molecule has 1 aromatic rings. The quantitative estimate of drug-likeness (QED) is 0.768. The second-order valence-electron chi connectivity index (χ2n) is 3.95. The summed E-state index contributed by atoms with van der Waals surface area (Å²) in [5, 5.41) is 9.19. The number of aliphatic imine (C=N–C) groups is 1. The standard InChI is InChI=1S/C14H19NO2/c1-3-9-15-13(14(17)4-2)10-11-5-7-12(16)8-6-11/h5-9,13,16H,3-4,10H2,1-2H3/t13-/m1/s1. The van der Waals surface area contributed by atoms with E-state index < -0.39 is 0 Å². The molecule has 1 N–H and O–H groups in total. The van der Waals surface area contributed by atoms with Crippen molar-refractivity contribution in [3.8, 4) is 5.75 Å². The summed E-state index contributed by atoms with van der Waals surface area (Å²) in [7, 11) is 0. The lowest BCUT2D eigenvalue weighted by Gasteiger charge is -2.10. The third kappa shape index (κ3) is 4.39. The zero-order valence-electron chi connectivity index (χ0n) is 10.4. The molecule has 0 aliphatic rings. The van der Waals surface area contributed by atoms with Gasteiger partial charge in [-0.25, -0.2) is 0 Å². The molecule has 0 amide bonds. The Morgan fingerprint density at radius 1 is 1.35 bits per heavy atom. The number of aromatic hydroxyl groups is 1. The van der Waals surface area contributed by atoms with Gasteiger partial charge in [0, 0.05) is 12.8 Å². The monoisotopic (exact) mass is 233 g/mol. The van der Waals surface area contributed by atoms with Crippen molar-refractivity contribution in [2.24, 2.45) is 4.99 Å². The Hall–Kier alpha value is -1.64. The lowest BCUT2D eigenvalue weighted by molar-refractivity contribution is -0.119. The van der Waals surface area contributed by atoms with E-state index in [0.717, 1.165) is 12.0 Å². The van der Waals surface area contributed by atoms with Crippen LogP contribution in [0.5, 0.6) is 5.75 Å². The minimum absolute atomic E-state index is 0.155. The van der Waals surface area contributed by atoms with Crippen LogP contribution in [0.3, 0.4) is 0 Å². The number of benzene rings is 1. The minimum atomic E-state index is -0.288. The largest absolute Gasteiger partial charge is 0.508 e. The number of ketones is 1. The lowest BCUT2D eigenvalue weighted by atomic mass is 10.0. The maximum absolute atomic E-state index is 11.7. The Balaban J connectivity index is 2.75. The van der Waals surface area contributed by atoms with Crippen molar-refractivity contribution in [2.75, 3.05) is 0 Å². The van der Waals surface area contributed by atoms with Crippen LogP contribution in [0.15, 0.2) is 29.3 Å². The number of phenols is 1. The molecule has 0 spiro atoms. The molecule has 3 nitrogen and oxygen atoms in total. The summed E-state index contributed by atoms with van der Waals surface area (Å²) in [5.41, 5.74) is 1.02. The molecule has 1 aromatic carbocycles. The predicted octanol–water partition coefficient (Wildman–Crippen LogP) is 2.76. The highest BCUT2D eigenvalue weighted by atomic mass is 16.3. The number of hydrogen-bond acceptors (Lipinski definition) is 3. The van der Waals surface area contributed by atoms with Gasteiger partial charge in [0.05, 0.1) is 0 Å². The molecule has 92 valence electrons. The smallest absolute Gasteiger partial charge is 0.157 e. The van der Waals surface area contributed by atoms with Crippen LogP contribution in [0, 0.1) is 0 Å². The SMILES string of the molecule is CCC=N[C@H](Cc1ccc(O)cc1)C(=O)CC. The highest BCUT2D eigenvalue weighted by Crippen LogP contribution is 2.13. The van der Waals surface area contributed by atoms with Gasteiger partial charge in [-0.2, -0.15) is 0 Å². The number of nitrogens with zero attached hydrogens (tertiary/aromatic N) is 1. The van der Waals surface area contributed by atoms with Crippen molar-refractivity contribution in [1.29, 1.82) is 0 Å². The lowest BCUT2D eigenvalue weighted by Crippen LogP contribution is -2.20. The third-order valence-corrected chi connectivity index (χ3v) is 2.55. The van der Waals surface area contributed by atoms with Gasteiger partial charge in [0.2, 0.25) is 0 Å². The van der Waals surface area contributed by atoms with Crippen LogP contribution in [0.25, 0.3) is 0 Å². The molecule has 1 rings (SSSR count).